The number of allylic oxidation sites excluding steroid dienone is 1. The fourth-order valence-corrected chi connectivity index (χ4v) is 1.98. The summed E-state index contributed by atoms with van der Waals surface area (Å²) in [5.41, 5.74) is 2.89. The highest BCUT2D eigenvalue weighted by atomic mass is 35.5. The van der Waals surface area contributed by atoms with E-state index in [4.69, 9.17) is 16.7 Å². The van der Waals surface area contributed by atoms with Gasteiger partial charge in [-0.25, -0.2) is 4.98 Å². The van der Waals surface area contributed by atoms with Crippen LogP contribution in [0.25, 0.3) is 11.6 Å². The third-order valence-corrected chi connectivity index (χ3v) is 3.07. The highest BCUT2D eigenvalue weighted by molar-refractivity contribution is 6.29. The van der Waals surface area contributed by atoms with Gasteiger partial charge in [-0.2, -0.15) is 0 Å². The Bertz CT molecular complexity index is 606. The van der Waals surface area contributed by atoms with Gasteiger partial charge in [0.25, 0.3) is 0 Å². The van der Waals surface area contributed by atoms with Crippen LogP contribution in [-0.4, -0.2) is 16.1 Å². The second kappa shape index (κ2) is 6.87. The van der Waals surface area contributed by atoms with Crippen molar-refractivity contribution >= 4 is 29.2 Å². The minimum Gasteiger partial charge on any atom is -0.481 e. The van der Waals surface area contributed by atoms with E-state index in [9.17, 15) is 4.79 Å². The van der Waals surface area contributed by atoms with Gasteiger partial charge < -0.3 is 5.11 Å². The number of hydrogen-bond donors (Lipinski definition) is 1. The number of hydrogen-bond acceptors (Lipinski definition) is 2. The smallest absolute Gasteiger partial charge is 0.303 e. The number of halogens is 1. The summed E-state index contributed by atoms with van der Waals surface area (Å²) >= 11 is 5.76. The number of benzene rings is 1. The van der Waals surface area contributed by atoms with Crippen LogP contribution >= 0.6 is 11.6 Å². The molecule has 102 valence electrons. The number of nitrogens with zero attached hydrogens (tertiary/aromatic N) is 1. The first-order chi connectivity index (χ1) is 9.65. The lowest BCUT2D eigenvalue weighted by Crippen LogP contribution is -1.95. The predicted octanol–water partition coefficient (Wildman–Crippen LogP) is 4.14. The first kappa shape index (κ1) is 14.3. The van der Waals surface area contributed by atoms with Crippen LogP contribution in [0.2, 0.25) is 5.15 Å². The largest absolute Gasteiger partial charge is 0.481 e. The van der Waals surface area contributed by atoms with Gasteiger partial charge in [-0.3, -0.25) is 4.79 Å². The van der Waals surface area contributed by atoms with E-state index in [1.165, 1.54) is 0 Å². The average Bonchev–Trinajstić information content (AvgIpc) is 2.46. The summed E-state index contributed by atoms with van der Waals surface area (Å²) in [5.74, 6) is -0.805. The van der Waals surface area contributed by atoms with Crippen LogP contribution in [0.3, 0.4) is 0 Å². The van der Waals surface area contributed by atoms with Crippen molar-refractivity contribution in [3.8, 4) is 0 Å². The Morgan fingerprint density at radius 3 is 2.50 bits per heavy atom. The quantitative estimate of drug-likeness (QED) is 0.841. The van der Waals surface area contributed by atoms with Crippen LogP contribution < -0.4 is 0 Å². The number of carbonyl (C=O) groups is 1. The van der Waals surface area contributed by atoms with E-state index >= 15 is 0 Å². The van der Waals surface area contributed by atoms with Gasteiger partial charge >= 0.3 is 5.97 Å². The Morgan fingerprint density at radius 2 is 1.90 bits per heavy atom. The zero-order valence-electron chi connectivity index (χ0n) is 10.8. The molecular formula is C16H14ClNO2. The van der Waals surface area contributed by atoms with Crippen molar-refractivity contribution in [2.75, 3.05) is 0 Å². The minimum atomic E-state index is -0.805. The molecule has 0 aliphatic rings. The molecular weight excluding hydrogens is 274 g/mol. The molecule has 0 radical (unpaired) electrons. The van der Waals surface area contributed by atoms with E-state index in [1.807, 2.05) is 42.5 Å². The van der Waals surface area contributed by atoms with Crippen LogP contribution in [0, 0.1) is 0 Å². The van der Waals surface area contributed by atoms with Crippen LogP contribution in [0.15, 0.2) is 48.7 Å². The molecule has 0 atom stereocenters. The van der Waals surface area contributed by atoms with Gasteiger partial charge in [-0.05, 0) is 35.3 Å². The van der Waals surface area contributed by atoms with E-state index in [1.54, 1.807) is 12.3 Å². The van der Waals surface area contributed by atoms with E-state index in [0.717, 1.165) is 16.7 Å². The minimum absolute atomic E-state index is 0.0990. The van der Waals surface area contributed by atoms with Crippen LogP contribution in [0.4, 0.5) is 0 Å². The van der Waals surface area contributed by atoms with E-state index in [2.05, 4.69) is 4.98 Å². The molecule has 0 bridgehead atoms. The molecule has 0 saturated carbocycles. The van der Waals surface area contributed by atoms with Crippen molar-refractivity contribution in [2.24, 2.45) is 0 Å². The molecule has 4 heteroatoms. The van der Waals surface area contributed by atoms with Gasteiger partial charge in [0.05, 0.1) is 0 Å². The maximum Gasteiger partial charge on any atom is 0.303 e. The summed E-state index contributed by atoms with van der Waals surface area (Å²) in [6, 6.07) is 13.3. The number of carboxylic acids is 1. The highest BCUT2D eigenvalue weighted by Gasteiger charge is 2.05. The van der Waals surface area contributed by atoms with E-state index in [-0.39, 0.29) is 6.42 Å². The molecule has 3 nitrogen and oxygen atoms in total. The van der Waals surface area contributed by atoms with Crippen LogP contribution in [0.5, 0.6) is 0 Å². The Labute approximate surface area is 122 Å². The average molecular weight is 288 g/mol. The SMILES string of the molecule is O=C(O)CCC(=Cc1ccc(Cl)nc1)c1ccccc1. The van der Waals surface area contributed by atoms with Crippen molar-refractivity contribution in [3.63, 3.8) is 0 Å². The lowest BCUT2D eigenvalue weighted by molar-refractivity contribution is -0.136. The fraction of sp³-hybridized carbons (Fsp3) is 0.125. The lowest BCUT2D eigenvalue weighted by atomic mass is 9.99. The monoisotopic (exact) mass is 287 g/mol. The van der Waals surface area contributed by atoms with E-state index < -0.39 is 5.97 Å². The number of carboxylic acid groups (broad SMARTS) is 1. The van der Waals surface area contributed by atoms with Gasteiger partial charge in [0, 0.05) is 12.6 Å². The third kappa shape index (κ3) is 4.21. The van der Waals surface area contributed by atoms with Gasteiger partial charge in [0.1, 0.15) is 5.15 Å². The van der Waals surface area contributed by atoms with Crippen molar-refractivity contribution in [3.05, 3.63) is 64.9 Å². The van der Waals surface area contributed by atoms with Crippen molar-refractivity contribution in [1.82, 2.24) is 4.98 Å². The summed E-state index contributed by atoms with van der Waals surface area (Å²) in [6.07, 6.45) is 4.19. The summed E-state index contributed by atoms with van der Waals surface area (Å²) in [6.45, 7) is 0. The van der Waals surface area contributed by atoms with Crippen LogP contribution in [0.1, 0.15) is 24.0 Å². The molecule has 0 unspecified atom stereocenters. The predicted molar refractivity (Wildman–Crippen MR) is 80.4 cm³/mol. The highest BCUT2D eigenvalue weighted by Crippen LogP contribution is 2.23. The Hall–Kier alpha value is -2.13. The molecule has 0 saturated heterocycles. The zero-order chi connectivity index (χ0) is 14.4. The molecule has 0 aliphatic heterocycles. The number of rotatable bonds is 5. The molecule has 0 aliphatic carbocycles. The molecule has 0 fully saturated rings. The fourth-order valence-electron chi connectivity index (χ4n) is 1.87. The normalized spacial score (nSPS) is 11.3. The summed E-state index contributed by atoms with van der Waals surface area (Å²) in [7, 11) is 0. The maximum absolute atomic E-state index is 10.8. The van der Waals surface area contributed by atoms with Gasteiger partial charge in [-0.15, -0.1) is 0 Å². The van der Waals surface area contributed by atoms with Crippen molar-refractivity contribution in [1.29, 1.82) is 0 Å². The standard InChI is InChI=1S/C16H14ClNO2/c17-15-8-6-12(11-18-15)10-14(7-9-16(19)20)13-4-2-1-3-5-13/h1-6,8,10-11H,7,9H2,(H,19,20). The molecule has 0 amide bonds. The second-order valence-corrected chi connectivity index (χ2v) is 4.73. The second-order valence-electron chi connectivity index (χ2n) is 4.34. The van der Waals surface area contributed by atoms with Crippen LogP contribution in [-0.2, 0) is 4.79 Å². The third-order valence-electron chi connectivity index (χ3n) is 2.84. The summed E-state index contributed by atoms with van der Waals surface area (Å²) in [4.78, 5) is 14.8. The summed E-state index contributed by atoms with van der Waals surface area (Å²) < 4.78 is 0. The number of aromatic nitrogens is 1. The van der Waals surface area contributed by atoms with Crippen molar-refractivity contribution in [2.45, 2.75) is 12.8 Å². The number of aliphatic carboxylic acids is 1. The zero-order valence-corrected chi connectivity index (χ0v) is 11.5. The molecule has 1 N–H and O–H groups in total. The first-order valence-electron chi connectivity index (χ1n) is 6.24. The number of pyridine rings is 1. The Balaban J connectivity index is 2.30. The van der Waals surface area contributed by atoms with E-state index in [0.29, 0.717) is 11.6 Å². The Morgan fingerprint density at radius 1 is 1.15 bits per heavy atom. The molecule has 1 aromatic carbocycles. The first-order valence-corrected chi connectivity index (χ1v) is 6.62. The van der Waals surface area contributed by atoms with Crippen molar-refractivity contribution < 1.29 is 9.90 Å². The Kier molecular flexibility index (Phi) is 4.91. The molecule has 1 heterocycles. The molecule has 1 aromatic heterocycles. The van der Waals surface area contributed by atoms with Gasteiger partial charge in [0.2, 0.25) is 0 Å². The van der Waals surface area contributed by atoms with Gasteiger partial charge in [-0.1, -0.05) is 48.0 Å². The molecule has 0 spiro atoms. The summed E-state index contributed by atoms with van der Waals surface area (Å²) in [5, 5.41) is 9.29. The maximum atomic E-state index is 10.8. The van der Waals surface area contributed by atoms with Gasteiger partial charge in [0.15, 0.2) is 0 Å². The molecule has 2 aromatic rings. The molecule has 20 heavy (non-hydrogen) atoms. The lowest BCUT2D eigenvalue weighted by Gasteiger charge is -2.07. The topological polar surface area (TPSA) is 50.2 Å². The molecule has 2 rings (SSSR count).